The van der Waals surface area contributed by atoms with Gasteiger partial charge in [-0.05, 0) is 17.7 Å². The Balaban J connectivity index is 2.50. The third-order valence-electron chi connectivity index (χ3n) is 1.80. The van der Waals surface area contributed by atoms with E-state index in [1.807, 2.05) is 24.3 Å². The molecule has 0 bridgehead atoms. The Morgan fingerprint density at radius 3 is 2.38 bits per heavy atom. The minimum atomic E-state index is -3.36. The molecule has 0 saturated heterocycles. The predicted octanol–water partition coefficient (Wildman–Crippen LogP) is 1.68. The molecule has 0 heterocycles. The van der Waals surface area contributed by atoms with Gasteiger partial charge in [-0.1, -0.05) is 24.3 Å². The summed E-state index contributed by atoms with van der Waals surface area (Å²) in [5, 5.41) is 0. The highest BCUT2D eigenvalue weighted by atomic mass is 32.2. The zero-order valence-corrected chi connectivity index (χ0v) is 10.0. The second-order valence-corrected chi connectivity index (χ2v) is 4.81. The normalized spacial score (nSPS) is 11.9. The van der Waals surface area contributed by atoms with Gasteiger partial charge in [-0.25, -0.2) is 0 Å². The van der Waals surface area contributed by atoms with Gasteiger partial charge in [-0.2, -0.15) is 8.42 Å². The van der Waals surface area contributed by atoms with Crippen LogP contribution in [-0.4, -0.2) is 28.4 Å². The van der Waals surface area contributed by atoms with Crippen LogP contribution in [-0.2, 0) is 14.3 Å². The van der Waals surface area contributed by atoms with E-state index < -0.39 is 10.1 Å². The summed E-state index contributed by atoms with van der Waals surface area (Å²) in [6.45, 7) is 0.0465. The third-order valence-corrected chi connectivity index (χ3v) is 2.37. The summed E-state index contributed by atoms with van der Waals surface area (Å²) in [4.78, 5) is 0. The molecule has 0 unspecified atom stereocenters. The van der Waals surface area contributed by atoms with Gasteiger partial charge in [0, 0.05) is 0 Å². The smallest absolute Gasteiger partial charge is 0.264 e. The van der Waals surface area contributed by atoms with Crippen molar-refractivity contribution in [3.05, 3.63) is 35.9 Å². The van der Waals surface area contributed by atoms with Crippen LogP contribution in [0.15, 0.2) is 30.3 Å². The highest BCUT2D eigenvalue weighted by Crippen LogP contribution is 2.12. The minimum absolute atomic E-state index is 0.0465. The van der Waals surface area contributed by atoms with Gasteiger partial charge in [-0.15, -0.1) is 0 Å². The predicted molar refractivity (Wildman–Crippen MR) is 62.8 cm³/mol. The molecule has 0 amide bonds. The first-order valence-corrected chi connectivity index (χ1v) is 6.48. The van der Waals surface area contributed by atoms with E-state index in [1.54, 1.807) is 19.3 Å². The average Bonchev–Trinajstić information content (AvgIpc) is 2.24. The van der Waals surface area contributed by atoms with Crippen molar-refractivity contribution in [2.75, 3.05) is 20.0 Å². The van der Waals surface area contributed by atoms with E-state index >= 15 is 0 Å². The van der Waals surface area contributed by atoms with Gasteiger partial charge < -0.3 is 4.74 Å². The van der Waals surface area contributed by atoms with Crippen molar-refractivity contribution in [3.63, 3.8) is 0 Å². The lowest BCUT2D eigenvalue weighted by Gasteiger charge is -1.99. The summed E-state index contributed by atoms with van der Waals surface area (Å²) < 4.78 is 30.9. The molecular formula is C11H14O4S. The molecule has 0 saturated carbocycles. The highest BCUT2D eigenvalue weighted by Gasteiger charge is 1.97. The quantitative estimate of drug-likeness (QED) is 0.737. The van der Waals surface area contributed by atoms with E-state index in [2.05, 4.69) is 4.18 Å². The lowest BCUT2D eigenvalue weighted by molar-refractivity contribution is 0.362. The zero-order chi connectivity index (χ0) is 12.0. The van der Waals surface area contributed by atoms with Crippen molar-refractivity contribution in [1.82, 2.24) is 0 Å². The van der Waals surface area contributed by atoms with Gasteiger partial charge in [0.05, 0.1) is 20.0 Å². The first-order valence-electron chi connectivity index (χ1n) is 4.66. The molecule has 0 aliphatic carbocycles. The number of hydrogen-bond acceptors (Lipinski definition) is 4. The fraction of sp³-hybridized carbons (Fsp3) is 0.273. The van der Waals surface area contributed by atoms with Gasteiger partial charge >= 0.3 is 0 Å². The van der Waals surface area contributed by atoms with Gasteiger partial charge in [0.1, 0.15) is 5.75 Å². The van der Waals surface area contributed by atoms with Crippen LogP contribution in [0.5, 0.6) is 5.75 Å². The summed E-state index contributed by atoms with van der Waals surface area (Å²) in [6, 6.07) is 7.40. The molecule has 0 aromatic heterocycles. The molecule has 0 atom stereocenters. The van der Waals surface area contributed by atoms with Crippen LogP contribution < -0.4 is 4.74 Å². The molecule has 1 rings (SSSR count). The summed E-state index contributed by atoms with van der Waals surface area (Å²) in [7, 11) is -1.76. The number of ether oxygens (including phenoxy) is 1. The van der Waals surface area contributed by atoms with Crippen LogP contribution in [0.4, 0.5) is 0 Å². The lowest BCUT2D eigenvalue weighted by Crippen LogP contribution is -2.01. The van der Waals surface area contributed by atoms with Crippen molar-refractivity contribution in [1.29, 1.82) is 0 Å². The minimum Gasteiger partial charge on any atom is -0.497 e. The molecule has 5 heteroatoms. The van der Waals surface area contributed by atoms with E-state index in [0.717, 1.165) is 17.6 Å². The molecule has 0 radical (unpaired) electrons. The molecule has 0 spiro atoms. The van der Waals surface area contributed by atoms with Crippen LogP contribution in [0.3, 0.4) is 0 Å². The average molecular weight is 242 g/mol. The van der Waals surface area contributed by atoms with E-state index in [-0.39, 0.29) is 6.61 Å². The molecular weight excluding hydrogens is 228 g/mol. The Hall–Kier alpha value is -1.33. The molecule has 16 heavy (non-hydrogen) atoms. The Kier molecular flexibility index (Phi) is 4.52. The number of methoxy groups -OCH3 is 1. The molecule has 0 fully saturated rings. The molecule has 88 valence electrons. The zero-order valence-electron chi connectivity index (χ0n) is 9.21. The SMILES string of the molecule is COc1ccc(/C=C/COS(C)(=O)=O)cc1. The Morgan fingerprint density at radius 1 is 1.25 bits per heavy atom. The Morgan fingerprint density at radius 2 is 1.88 bits per heavy atom. The van der Waals surface area contributed by atoms with Crippen LogP contribution in [0.2, 0.25) is 0 Å². The van der Waals surface area contributed by atoms with Crippen molar-refractivity contribution >= 4 is 16.2 Å². The molecule has 1 aromatic carbocycles. The fourth-order valence-electron chi connectivity index (χ4n) is 1.06. The fourth-order valence-corrected chi connectivity index (χ4v) is 1.39. The standard InChI is InChI=1S/C11H14O4S/c1-14-11-7-5-10(6-8-11)4-3-9-15-16(2,12)13/h3-8H,9H2,1-2H3/b4-3+. The van der Waals surface area contributed by atoms with Gasteiger partial charge in [0.15, 0.2) is 0 Å². The topological polar surface area (TPSA) is 52.6 Å². The monoisotopic (exact) mass is 242 g/mol. The first kappa shape index (κ1) is 12.7. The molecule has 1 aromatic rings. The van der Waals surface area contributed by atoms with Crippen molar-refractivity contribution in [2.45, 2.75) is 0 Å². The maximum absolute atomic E-state index is 10.7. The highest BCUT2D eigenvalue weighted by molar-refractivity contribution is 7.85. The van der Waals surface area contributed by atoms with Gasteiger partial charge in [0.2, 0.25) is 0 Å². The van der Waals surface area contributed by atoms with Gasteiger partial charge in [-0.3, -0.25) is 4.18 Å². The first-order chi connectivity index (χ1) is 7.51. The van der Waals surface area contributed by atoms with Crippen LogP contribution in [0.25, 0.3) is 6.08 Å². The van der Waals surface area contributed by atoms with Crippen molar-refractivity contribution in [3.8, 4) is 5.75 Å². The Bertz CT molecular complexity index is 445. The summed E-state index contributed by atoms with van der Waals surface area (Å²) >= 11 is 0. The Labute approximate surface area is 95.6 Å². The van der Waals surface area contributed by atoms with Crippen LogP contribution in [0.1, 0.15) is 5.56 Å². The van der Waals surface area contributed by atoms with E-state index in [0.29, 0.717) is 0 Å². The second kappa shape index (κ2) is 5.67. The van der Waals surface area contributed by atoms with Crippen molar-refractivity contribution < 1.29 is 17.3 Å². The summed E-state index contributed by atoms with van der Waals surface area (Å²) in [6.07, 6.45) is 4.45. The maximum Gasteiger partial charge on any atom is 0.264 e. The third kappa shape index (κ3) is 4.95. The van der Waals surface area contributed by atoms with E-state index in [4.69, 9.17) is 4.74 Å². The van der Waals surface area contributed by atoms with Crippen molar-refractivity contribution in [2.24, 2.45) is 0 Å². The number of hydrogen-bond donors (Lipinski definition) is 0. The van der Waals surface area contributed by atoms with Gasteiger partial charge in [0.25, 0.3) is 10.1 Å². The molecule has 0 aliphatic rings. The summed E-state index contributed by atoms with van der Waals surface area (Å²) in [5.74, 6) is 0.782. The summed E-state index contributed by atoms with van der Waals surface area (Å²) in [5.41, 5.74) is 0.956. The lowest BCUT2D eigenvalue weighted by atomic mass is 10.2. The molecule has 4 nitrogen and oxygen atoms in total. The maximum atomic E-state index is 10.7. The second-order valence-electron chi connectivity index (χ2n) is 3.16. The van der Waals surface area contributed by atoms with Crippen LogP contribution >= 0.6 is 0 Å². The molecule has 0 aliphatic heterocycles. The largest absolute Gasteiger partial charge is 0.497 e. The van der Waals surface area contributed by atoms with E-state index in [1.165, 1.54) is 0 Å². The molecule has 0 N–H and O–H groups in total. The van der Waals surface area contributed by atoms with E-state index in [9.17, 15) is 8.42 Å². The number of benzene rings is 1. The number of rotatable bonds is 5. The van der Waals surface area contributed by atoms with Crippen LogP contribution in [0, 0.1) is 0 Å².